The summed E-state index contributed by atoms with van der Waals surface area (Å²) in [6.07, 6.45) is -1.19. The molecule has 1 atom stereocenters. The van der Waals surface area contributed by atoms with Gasteiger partial charge >= 0.3 is 12.6 Å². The highest BCUT2D eigenvalue weighted by atomic mass is 19.3. The van der Waals surface area contributed by atoms with Crippen LogP contribution in [0.25, 0.3) is 0 Å². The Bertz CT molecular complexity index is 732. The van der Waals surface area contributed by atoms with Gasteiger partial charge in [-0.05, 0) is 26.0 Å². The Kier molecular flexibility index (Phi) is 5.46. The van der Waals surface area contributed by atoms with Gasteiger partial charge in [0.1, 0.15) is 5.75 Å². The van der Waals surface area contributed by atoms with E-state index in [4.69, 9.17) is 9.26 Å². The average molecular weight is 340 g/mol. The lowest BCUT2D eigenvalue weighted by molar-refractivity contribution is -0.124. The minimum absolute atomic E-state index is 0.0289. The van der Waals surface area contributed by atoms with Gasteiger partial charge in [0, 0.05) is 6.07 Å². The van der Waals surface area contributed by atoms with Gasteiger partial charge in [-0.2, -0.15) is 8.78 Å². The molecule has 0 radical (unpaired) electrons. The number of halogens is 2. The van der Waals surface area contributed by atoms with Gasteiger partial charge in [-0.15, -0.1) is 0 Å². The molecule has 0 saturated carbocycles. The summed E-state index contributed by atoms with van der Waals surface area (Å²) in [6.45, 7) is -0.0864. The number of carbonyl (C=O) groups excluding carboxylic acids is 2. The molecule has 0 fully saturated rings. The highest BCUT2D eigenvalue weighted by Gasteiger charge is 2.22. The number of amides is 1. The third-order valence-electron chi connectivity index (χ3n) is 2.84. The molecule has 1 heterocycles. The number of para-hydroxylation sites is 2. The van der Waals surface area contributed by atoms with E-state index in [-0.39, 0.29) is 17.2 Å². The first-order valence-corrected chi connectivity index (χ1v) is 6.86. The molecule has 9 heteroatoms. The van der Waals surface area contributed by atoms with Gasteiger partial charge in [0.15, 0.2) is 6.10 Å². The number of ether oxygens (including phenoxy) is 2. The van der Waals surface area contributed by atoms with Crippen molar-refractivity contribution >= 4 is 17.6 Å². The van der Waals surface area contributed by atoms with Crippen molar-refractivity contribution in [3.63, 3.8) is 0 Å². The van der Waals surface area contributed by atoms with Crippen LogP contribution in [-0.2, 0) is 9.53 Å². The molecule has 1 aromatic heterocycles. The third kappa shape index (κ3) is 4.51. The monoisotopic (exact) mass is 340 g/mol. The van der Waals surface area contributed by atoms with E-state index in [2.05, 4.69) is 15.2 Å². The molecule has 24 heavy (non-hydrogen) atoms. The molecular weight excluding hydrogens is 326 g/mol. The third-order valence-corrected chi connectivity index (χ3v) is 2.84. The van der Waals surface area contributed by atoms with Crippen molar-refractivity contribution in [2.24, 2.45) is 0 Å². The topological polar surface area (TPSA) is 90.7 Å². The van der Waals surface area contributed by atoms with E-state index in [0.29, 0.717) is 5.69 Å². The first kappa shape index (κ1) is 17.4. The SMILES string of the molecule is Cc1cc(C(=O)O[C@@H](C)C(=O)Nc2ccccc2OC(F)F)on1. The Morgan fingerprint density at radius 1 is 1.29 bits per heavy atom. The zero-order chi connectivity index (χ0) is 17.7. The highest BCUT2D eigenvalue weighted by molar-refractivity contribution is 5.97. The Morgan fingerprint density at radius 3 is 2.62 bits per heavy atom. The molecule has 0 bridgehead atoms. The fourth-order valence-electron chi connectivity index (χ4n) is 1.73. The molecule has 7 nitrogen and oxygen atoms in total. The Labute approximate surface area is 135 Å². The first-order chi connectivity index (χ1) is 11.4. The number of anilines is 1. The van der Waals surface area contributed by atoms with Gasteiger partial charge in [0.25, 0.3) is 5.91 Å². The average Bonchev–Trinajstić information content (AvgIpc) is 2.95. The normalized spacial score (nSPS) is 11.9. The minimum atomic E-state index is -3.03. The van der Waals surface area contributed by atoms with Crippen molar-refractivity contribution < 1.29 is 32.4 Å². The van der Waals surface area contributed by atoms with Crippen molar-refractivity contribution in [1.29, 1.82) is 0 Å². The molecule has 1 amide bonds. The van der Waals surface area contributed by atoms with Crippen LogP contribution in [0.15, 0.2) is 34.9 Å². The second-order valence-electron chi connectivity index (χ2n) is 4.74. The van der Waals surface area contributed by atoms with E-state index in [1.165, 1.54) is 37.3 Å². The fraction of sp³-hybridized carbons (Fsp3) is 0.267. The van der Waals surface area contributed by atoms with E-state index in [1.54, 1.807) is 6.92 Å². The second-order valence-corrected chi connectivity index (χ2v) is 4.74. The lowest BCUT2D eigenvalue weighted by Crippen LogP contribution is -2.30. The van der Waals surface area contributed by atoms with Gasteiger partial charge in [0.05, 0.1) is 11.4 Å². The maximum atomic E-state index is 12.3. The van der Waals surface area contributed by atoms with E-state index in [0.717, 1.165) is 0 Å². The molecule has 0 spiro atoms. The highest BCUT2D eigenvalue weighted by Crippen LogP contribution is 2.25. The van der Waals surface area contributed by atoms with Gasteiger partial charge < -0.3 is 19.3 Å². The fourth-order valence-corrected chi connectivity index (χ4v) is 1.73. The van der Waals surface area contributed by atoms with E-state index in [9.17, 15) is 18.4 Å². The number of aromatic nitrogens is 1. The zero-order valence-electron chi connectivity index (χ0n) is 12.8. The van der Waals surface area contributed by atoms with Crippen LogP contribution in [0, 0.1) is 6.92 Å². The number of aryl methyl sites for hydroxylation is 1. The maximum Gasteiger partial charge on any atom is 0.387 e. The van der Waals surface area contributed by atoms with Crippen LogP contribution in [0.2, 0.25) is 0 Å². The molecule has 0 saturated heterocycles. The summed E-state index contributed by atoms with van der Waals surface area (Å²) >= 11 is 0. The standard InChI is InChI=1S/C15H14F2N2O5/c1-8-7-12(24-19-8)14(21)22-9(2)13(20)18-10-5-3-4-6-11(10)23-15(16)17/h3-7,9,15H,1-2H3,(H,18,20)/t9-/m0/s1. The van der Waals surface area contributed by atoms with Crippen LogP contribution in [0.1, 0.15) is 23.2 Å². The Morgan fingerprint density at radius 2 is 2.00 bits per heavy atom. The smallest absolute Gasteiger partial charge is 0.387 e. The number of esters is 1. The number of nitrogens with one attached hydrogen (secondary N) is 1. The predicted octanol–water partition coefficient (Wildman–Crippen LogP) is 2.77. The summed E-state index contributed by atoms with van der Waals surface area (Å²) in [4.78, 5) is 23.8. The molecule has 2 aromatic rings. The van der Waals surface area contributed by atoms with Crippen LogP contribution >= 0.6 is 0 Å². The van der Waals surface area contributed by atoms with Crippen LogP contribution in [0.3, 0.4) is 0 Å². The molecule has 2 rings (SSSR count). The summed E-state index contributed by atoms with van der Waals surface area (Å²) in [5.41, 5.74) is 0.512. The molecule has 0 aliphatic carbocycles. The predicted molar refractivity (Wildman–Crippen MR) is 77.8 cm³/mol. The van der Waals surface area contributed by atoms with Crippen molar-refractivity contribution in [1.82, 2.24) is 5.16 Å². The Balaban J connectivity index is 2.00. The van der Waals surface area contributed by atoms with Crippen LogP contribution < -0.4 is 10.1 Å². The lowest BCUT2D eigenvalue weighted by atomic mass is 10.2. The van der Waals surface area contributed by atoms with Crippen LogP contribution in [0.4, 0.5) is 14.5 Å². The van der Waals surface area contributed by atoms with E-state index < -0.39 is 24.6 Å². The molecule has 0 aliphatic heterocycles. The summed E-state index contributed by atoms with van der Waals surface area (Å²) in [6, 6.07) is 7.02. The van der Waals surface area contributed by atoms with Crippen LogP contribution in [-0.4, -0.2) is 29.7 Å². The summed E-state index contributed by atoms with van der Waals surface area (Å²) < 4.78 is 38.6. The quantitative estimate of drug-likeness (QED) is 0.813. The van der Waals surface area contributed by atoms with Crippen molar-refractivity contribution in [2.75, 3.05) is 5.32 Å². The minimum Gasteiger partial charge on any atom is -0.447 e. The van der Waals surface area contributed by atoms with Gasteiger partial charge in [0.2, 0.25) is 5.76 Å². The summed E-state index contributed by atoms with van der Waals surface area (Å²) in [5.74, 6) is -1.93. The summed E-state index contributed by atoms with van der Waals surface area (Å²) in [5, 5.41) is 5.89. The van der Waals surface area contributed by atoms with Gasteiger partial charge in [-0.3, -0.25) is 4.79 Å². The number of hydrogen-bond donors (Lipinski definition) is 1. The number of rotatable bonds is 6. The van der Waals surface area contributed by atoms with Gasteiger partial charge in [-0.1, -0.05) is 17.3 Å². The van der Waals surface area contributed by atoms with E-state index >= 15 is 0 Å². The molecule has 1 N–H and O–H groups in total. The number of hydrogen-bond acceptors (Lipinski definition) is 6. The number of nitrogens with zero attached hydrogens (tertiary/aromatic N) is 1. The van der Waals surface area contributed by atoms with Crippen molar-refractivity contribution in [3.8, 4) is 5.75 Å². The largest absolute Gasteiger partial charge is 0.447 e. The Hall–Kier alpha value is -2.97. The second kappa shape index (κ2) is 7.53. The maximum absolute atomic E-state index is 12.3. The first-order valence-electron chi connectivity index (χ1n) is 6.86. The van der Waals surface area contributed by atoms with Crippen molar-refractivity contribution in [3.05, 3.63) is 41.8 Å². The zero-order valence-corrected chi connectivity index (χ0v) is 12.8. The molecule has 0 aliphatic rings. The van der Waals surface area contributed by atoms with Crippen LogP contribution in [0.5, 0.6) is 5.75 Å². The van der Waals surface area contributed by atoms with E-state index in [1.807, 2.05) is 0 Å². The molecule has 128 valence electrons. The molecule has 0 unspecified atom stereocenters. The molecule has 1 aromatic carbocycles. The summed E-state index contributed by atoms with van der Waals surface area (Å²) in [7, 11) is 0. The number of carbonyl (C=O) groups is 2. The number of benzene rings is 1. The number of alkyl halides is 2. The van der Waals surface area contributed by atoms with Crippen molar-refractivity contribution in [2.45, 2.75) is 26.6 Å². The van der Waals surface area contributed by atoms with Gasteiger partial charge in [-0.25, -0.2) is 4.79 Å². The molecular formula is C15H14F2N2O5. The lowest BCUT2D eigenvalue weighted by Gasteiger charge is -2.15.